The molecular formula is C32H35ClN2O6. The van der Waals surface area contributed by atoms with E-state index in [0.29, 0.717) is 41.7 Å². The van der Waals surface area contributed by atoms with Crippen LogP contribution in [0.15, 0.2) is 72.3 Å². The Kier molecular flexibility index (Phi) is 10.9. The first kappa shape index (κ1) is 29.8. The molecule has 0 saturated carbocycles. The summed E-state index contributed by atoms with van der Waals surface area (Å²) in [6, 6.07) is 19.7. The Morgan fingerprint density at radius 2 is 1.49 bits per heavy atom. The minimum absolute atomic E-state index is 0.0117. The van der Waals surface area contributed by atoms with E-state index in [4.69, 9.17) is 30.5 Å². The van der Waals surface area contributed by atoms with Gasteiger partial charge in [0.1, 0.15) is 30.3 Å². The zero-order valence-electron chi connectivity index (χ0n) is 23.4. The van der Waals surface area contributed by atoms with E-state index in [2.05, 4.69) is 12.3 Å². The number of carbonyl (C=O) groups excluding carboxylic acids is 2. The third-order valence-electron chi connectivity index (χ3n) is 6.24. The molecule has 1 N–H and O–H groups in total. The van der Waals surface area contributed by atoms with Crippen LogP contribution in [0.4, 0.5) is 5.69 Å². The smallest absolute Gasteiger partial charge is 0.282 e. The Morgan fingerprint density at radius 3 is 2.17 bits per heavy atom. The number of halogens is 1. The third kappa shape index (κ3) is 8.17. The summed E-state index contributed by atoms with van der Waals surface area (Å²) in [6.07, 6.45) is 6.15. The second-order valence-electron chi connectivity index (χ2n) is 9.32. The molecule has 0 aromatic heterocycles. The molecule has 9 heteroatoms. The van der Waals surface area contributed by atoms with Crippen LogP contribution in [-0.2, 0) is 9.59 Å². The molecule has 1 aliphatic rings. The summed E-state index contributed by atoms with van der Waals surface area (Å²) in [5.74, 6) is 1.32. The molecule has 216 valence electrons. The predicted molar refractivity (Wildman–Crippen MR) is 160 cm³/mol. The number of unbranched alkanes of at least 4 members (excludes halogenated alkanes) is 3. The number of benzene rings is 3. The fourth-order valence-electron chi connectivity index (χ4n) is 4.21. The van der Waals surface area contributed by atoms with Crippen LogP contribution in [0.5, 0.6) is 23.0 Å². The van der Waals surface area contributed by atoms with E-state index in [9.17, 15) is 9.59 Å². The van der Waals surface area contributed by atoms with E-state index >= 15 is 0 Å². The summed E-state index contributed by atoms with van der Waals surface area (Å²) in [4.78, 5) is 25.5. The number of nitrogens with one attached hydrogen (secondary N) is 1. The lowest BCUT2D eigenvalue weighted by molar-refractivity contribution is -0.117. The lowest BCUT2D eigenvalue weighted by Crippen LogP contribution is -2.35. The van der Waals surface area contributed by atoms with Gasteiger partial charge in [-0.25, -0.2) is 5.01 Å². The van der Waals surface area contributed by atoms with Gasteiger partial charge in [0.05, 0.1) is 23.9 Å². The second kappa shape index (κ2) is 15.0. The minimum Gasteiger partial charge on any atom is -0.494 e. The molecule has 0 unspecified atom stereocenters. The van der Waals surface area contributed by atoms with E-state index in [1.54, 1.807) is 36.4 Å². The van der Waals surface area contributed by atoms with E-state index in [0.717, 1.165) is 12.2 Å². The molecule has 0 aliphatic carbocycles. The number of ether oxygens (including phenoxy) is 4. The molecule has 41 heavy (non-hydrogen) atoms. The molecule has 3 aromatic carbocycles. The number of carbonyl (C=O) groups is 2. The van der Waals surface area contributed by atoms with Crippen LogP contribution < -0.4 is 29.4 Å². The average molecular weight is 579 g/mol. The average Bonchev–Trinajstić information content (AvgIpc) is 3.26. The first-order valence-corrected chi connectivity index (χ1v) is 14.2. The lowest BCUT2D eigenvalue weighted by atomic mass is 10.1. The quantitative estimate of drug-likeness (QED) is 0.124. The molecule has 4 rings (SSSR count). The van der Waals surface area contributed by atoms with Gasteiger partial charge in [0.25, 0.3) is 11.8 Å². The fourth-order valence-corrected chi connectivity index (χ4v) is 4.49. The van der Waals surface area contributed by atoms with Crippen molar-refractivity contribution in [3.05, 3.63) is 82.9 Å². The van der Waals surface area contributed by atoms with Gasteiger partial charge in [-0.2, -0.15) is 0 Å². The summed E-state index contributed by atoms with van der Waals surface area (Å²) >= 11 is 6.55. The van der Waals surface area contributed by atoms with Gasteiger partial charge in [-0.3, -0.25) is 15.0 Å². The number of hydrogen-bond acceptors (Lipinski definition) is 6. The van der Waals surface area contributed by atoms with E-state index in [1.165, 1.54) is 30.3 Å². The highest BCUT2D eigenvalue weighted by Crippen LogP contribution is 2.37. The Hall–Kier alpha value is -4.17. The van der Waals surface area contributed by atoms with Crippen molar-refractivity contribution in [1.82, 2.24) is 5.43 Å². The first-order chi connectivity index (χ1) is 20.0. The maximum Gasteiger partial charge on any atom is 0.282 e. The van der Waals surface area contributed by atoms with Gasteiger partial charge in [0.2, 0.25) is 0 Å². The third-order valence-corrected chi connectivity index (χ3v) is 6.52. The largest absolute Gasteiger partial charge is 0.494 e. The van der Waals surface area contributed by atoms with Crippen LogP contribution in [0.1, 0.15) is 45.1 Å². The van der Waals surface area contributed by atoms with Crippen molar-refractivity contribution in [2.45, 2.75) is 39.5 Å². The molecule has 3 aromatic rings. The number of anilines is 1. The minimum atomic E-state index is -0.503. The van der Waals surface area contributed by atoms with Gasteiger partial charge in [0.15, 0.2) is 11.5 Å². The molecule has 1 fully saturated rings. The summed E-state index contributed by atoms with van der Waals surface area (Å²) in [7, 11) is 0. The Balaban J connectivity index is 1.35. The topological polar surface area (TPSA) is 86.3 Å². The molecule has 1 aliphatic heterocycles. The van der Waals surface area contributed by atoms with Crippen LogP contribution in [0.2, 0.25) is 5.02 Å². The zero-order valence-corrected chi connectivity index (χ0v) is 24.1. The molecule has 0 radical (unpaired) electrons. The number of hydrazine groups is 1. The van der Waals surface area contributed by atoms with Gasteiger partial charge >= 0.3 is 0 Å². The van der Waals surface area contributed by atoms with Crippen LogP contribution in [0.25, 0.3) is 6.08 Å². The van der Waals surface area contributed by atoms with Crippen LogP contribution in [-0.4, -0.2) is 38.2 Å². The van der Waals surface area contributed by atoms with Crippen molar-refractivity contribution in [3.8, 4) is 23.0 Å². The van der Waals surface area contributed by atoms with Crippen molar-refractivity contribution >= 4 is 35.2 Å². The molecule has 2 amide bonds. The SMILES string of the molecule is CCCCCCOc1ccc(OCCOc2c(Cl)cc(C=C3C(=O)NN(c4ccccc4)C3=O)cc2OCC)cc1. The van der Waals surface area contributed by atoms with Crippen molar-refractivity contribution in [2.75, 3.05) is 31.4 Å². The molecule has 1 heterocycles. The number of hydrogen-bond donors (Lipinski definition) is 1. The van der Waals surface area contributed by atoms with E-state index in [1.807, 2.05) is 37.3 Å². The Bertz CT molecular complexity index is 1340. The second-order valence-corrected chi connectivity index (χ2v) is 9.72. The molecule has 0 spiro atoms. The molecule has 0 bridgehead atoms. The highest BCUT2D eigenvalue weighted by Gasteiger charge is 2.34. The van der Waals surface area contributed by atoms with Crippen molar-refractivity contribution in [1.29, 1.82) is 0 Å². The zero-order chi connectivity index (χ0) is 29.0. The molecular weight excluding hydrogens is 544 g/mol. The van der Waals surface area contributed by atoms with E-state index < -0.39 is 11.8 Å². The van der Waals surface area contributed by atoms with Gasteiger partial charge in [-0.1, -0.05) is 56.0 Å². The predicted octanol–water partition coefficient (Wildman–Crippen LogP) is 6.62. The Morgan fingerprint density at radius 1 is 0.805 bits per heavy atom. The van der Waals surface area contributed by atoms with Gasteiger partial charge in [-0.15, -0.1) is 0 Å². The van der Waals surface area contributed by atoms with Crippen LogP contribution in [0.3, 0.4) is 0 Å². The molecule has 0 atom stereocenters. The summed E-state index contributed by atoms with van der Waals surface area (Å²) in [6.45, 7) is 5.63. The molecule has 1 saturated heterocycles. The van der Waals surface area contributed by atoms with Crippen LogP contribution in [0, 0.1) is 0 Å². The van der Waals surface area contributed by atoms with Gasteiger partial charge in [-0.05, 0) is 73.5 Å². The van der Waals surface area contributed by atoms with Crippen molar-refractivity contribution in [3.63, 3.8) is 0 Å². The standard InChI is InChI=1S/C32H35ClN2O6/c1-3-5-6-10-17-39-25-13-15-26(16-14-25)40-18-19-41-30-28(33)21-23(22-29(30)38-4-2)20-27-31(36)34-35(32(27)37)24-11-8-7-9-12-24/h7-9,11-16,20-22H,3-6,10,17-19H2,1-2H3,(H,34,36). The monoisotopic (exact) mass is 578 g/mol. The van der Waals surface area contributed by atoms with Gasteiger partial charge < -0.3 is 18.9 Å². The van der Waals surface area contributed by atoms with E-state index in [-0.39, 0.29) is 23.8 Å². The molecule has 8 nitrogen and oxygen atoms in total. The van der Waals surface area contributed by atoms with Crippen molar-refractivity contribution in [2.24, 2.45) is 0 Å². The summed E-state index contributed by atoms with van der Waals surface area (Å²) < 4.78 is 23.2. The fraction of sp³-hybridized carbons (Fsp3) is 0.312. The number of nitrogens with zero attached hydrogens (tertiary/aromatic N) is 1. The summed E-state index contributed by atoms with van der Waals surface area (Å²) in [5.41, 5.74) is 3.67. The number of rotatable bonds is 15. The normalized spacial score (nSPS) is 13.8. The van der Waals surface area contributed by atoms with Crippen molar-refractivity contribution < 1.29 is 28.5 Å². The lowest BCUT2D eigenvalue weighted by Gasteiger charge is -2.15. The first-order valence-electron chi connectivity index (χ1n) is 13.9. The maximum atomic E-state index is 12.9. The highest BCUT2D eigenvalue weighted by atomic mass is 35.5. The highest BCUT2D eigenvalue weighted by molar-refractivity contribution is 6.33. The van der Waals surface area contributed by atoms with Crippen LogP contribution >= 0.6 is 11.6 Å². The maximum absolute atomic E-state index is 12.9. The Labute approximate surface area is 245 Å². The van der Waals surface area contributed by atoms with Gasteiger partial charge in [0, 0.05) is 0 Å². The summed E-state index contributed by atoms with van der Waals surface area (Å²) in [5, 5.41) is 1.50. The number of para-hydroxylation sites is 1. The number of amides is 2.